The van der Waals surface area contributed by atoms with E-state index in [2.05, 4.69) is 40.3 Å². The summed E-state index contributed by atoms with van der Waals surface area (Å²) in [5, 5.41) is 2.93. The molecule has 1 atom stereocenters. The maximum absolute atomic E-state index is 12.7. The van der Waals surface area contributed by atoms with E-state index in [9.17, 15) is 4.79 Å². The van der Waals surface area contributed by atoms with Gasteiger partial charge in [-0.05, 0) is 63.1 Å². The van der Waals surface area contributed by atoms with Crippen LogP contribution in [0.4, 0.5) is 17.2 Å². The van der Waals surface area contributed by atoms with Crippen LogP contribution in [0, 0.1) is 0 Å². The highest BCUT2D eigenvalue weighted by atomic mass is 16.5. The lowest BCUT2D eigenvalue weighted by molar-refractivity contribution is 0.102. The smallest absolute Gasteiger partial charge is 0.257 e. The molecule has 0 aliphatic carbocycles. The van der Waals surface area contributed by atoms with E-state index in [0.717, 1.165) is 12.2 Å². The second-order valence-electron chi connectivity index (χ2n) is 7.57. The number of fused-ring (bicyclic) bond motifs is 1. The van der Waals surface area contributed by atoms with Crippen LogP contribution in [0.15, 0.2) is 66.9 Å². The molecule has 29 heavy (non-hydrogen) atoms. The summed E-state index contributed by atoms with van der Waals surface area (Å²) in [4.78, 5) is 19.5. The molecule has 1 aliphatic heterocycles. The van der Waals surface area contributed by atoms with E-state index in [1.807, 2.05) is 56.3 Å². The number of pyridine rings is 1. The maximum atomic E-state index is 12.7. The van der Waals surface area contributed by atoms with E-state index in [0.29, 0.717) is 23.0 Å². The third kappa shape index (κ3) is 3.94. The number of anilines is 3. The summed E-state index contributed by atoms with van der Waals surface area (Å²) in [6.45, 7) is 6.10. The highest BCUT2D eigenvalue weighted by Crippen LogP contribution is 2.37. The predicted octanol–water partition coefficient (Wildman–Crippen LogP) is 5.20. The minimum absolute atomic E-state index is 0.0272. The first-order valence-electron chi connectivity index (χ1n) is 9.93. The van der Waals surface area contributed by atoms with E-state index >= 15 is 0 Å². The van der Waals surface area contributed by atoms with Crippen LogP contribution in [0.1, 0.15) is 36.7 Å². The zero-order valence-electron chi connectivity index (χ0n) is 16.9. The maximum Gasteiger partial charge on any atom is 0.257 e. The number of aromatic nitrogens is 1. The first-order valence-corrected chi connectivity index (χ1v) is 9.93. The number of carbonyl (C=O) groups is 1. The SMILES string of the molecule is CC(C)Oc1ccccc1NC(=O)c1ccc(N2c3ccccc3CC2C)nc1. The zero-order chi connectivity index (χ0) is 20.4. The number of rotatable bonds is 5. The Morgan fingerprint density at radius 3 is 2.62 bits per heavy atom. The van der Waals surface area contributed by atoms with Crippen molar-refractivity contribution < 1.29 is 9.53 Å². The zero-order valence-corrected chi connectivity index (χ0v) is 16.9. The molecule has 0 bridgehead atoms. The molecule has 3 aromatic rings. The molecule has 2 aromatic carbocycles. The van der Waals surface area contributed by atoms with Gasteiger partial charge in [0.25, 0.3) is 5.91 Å². The third-order valence-corrected chi connectivity index (χ3v) is 4.96. The van der Waals surface area contributed by atoms with Gasteiger partial charge in [-0.25, -0.2) is 4.98 Å². The molecule has 1 aromatic heterocycles. The molecule has 0 saturated heterocycles. The van der Waals surface area contributed by atoms with E-state index in [4.69, 9.17) is 4.74 Å². The van der Waals surface area contributed by atoms with Crippen molar-refractivity contribution in [3.8, 4) is 5.75 Å². The first kappa shape index (κ1) is 19.0. The fourth-order valence-electron chi connectivity index (χ4n) is 3.70. The number of para-hydroxylation sites is 3. The van der Waals surface area contributed by atoms with Crippen molar-refractivity contribution in [1.29, 1.82) is 0 Å². The van der Waals surface area contributed by atoms with Crippen LogP contribution in [-0.4, -0.2) is 23.0 Å². The largest absolute Gasteiger partial charge is 0.489 e. The van der Waals surface area contributed by atoms with Crippen molar-refractivity contribution >= 4 is 23.1 Å². The van der Waals surface area contributed by atoms with Crippen LogP contribution in [0.25, 0.3) is 0 Å². The molecule has 1 N–H and O–H groups in total. The second kappa shape index (κ2) is 7.95. The average Bonchev–Trinajstić information content (AvgIpc) is 3.05. The van der Waals surface area contributed by atoms with Crippen molar-refractivity contribution in [2.45, 2.75) is 39.3 Å². The predicted molar refractivity (Wildman–Crippen MR) is 116 cm³/mol. The van der Waals surface area contributed by atoms with Gasteiger partial charge in [-0.3, -0.25) is 4.79 Å². The number of amides is 1. The standard InChI is InChI=1S/C24H25N3O2/c1-16(2)29-22-11-7-5-9-20(22)26-24(28)19-12-13-23(25-15-19)27-17(3)14-18-8-4-6-10-21(18)27/h4-13,15-17H,14H2,1-3H3,(H,26,28). The molecule has 0 saturated carbocycles. The Bertz CT molecular complexity index is 1010. The summed E-state index contributed by atoms with van der Waals surface area (Å²) in [6, 6.07) is 19.9. The van der Waals surface area contributed by atoms with Crippen LogP contribution in [0.5, 0.6) is 5.75 Å². The molecular formula is C24H25N3O2. The lowest BCUT2D eigenvalue weighted by Crippen LogP contribution is -2.25. The van der Waals surface area contributed by atoms with Crippen LogP contribution >= 0.6 is 0 Å². The topological polar surface area (TPSA) is 54.5 Å². The lowest BCUT2D eigenvalue weighted by Gasteiger charge is -2.23. The summed E-state index contributed by atoms with van der Waals surface area (Å²) in [5.74, 6) is 1.30. The fourth-order valence-corrected chi connectivity index (χ4v) is 3.70. The Morgan fingerprint density at radius 1 is 1.10 bits per heavy atom. The Kier molecular flexibility index (Phi) is 5.21. The van der Waals surface area contributed by atoms with Gasteiger partial charge in [0.1, 0.15) is 11.6 Å². The van der Waals surface area contributed by atoms with Gasteiger partial charge in [0.2, 0.25) is 0 Å². The van der Waals surface area contributed by atoms with Gasteiger partial charge in [0.05, 0.1) is 17.4 Å². The molecule has 148 valence electrons. The normalized spacial score (nSPS) is 15.3. The first-order chi connectivity index (χ1) is 14.0. The molecule has 5 nitrogen and oxygen atoms in total. The third-order valence-electron chi connectivity index (χ3n) is 4.96. The molecule has 0 fully saturated rings. The Morgan fingerprint density at radius 2 is 1.86 bits per heavy atom. The van der Waals surface area contributed by atoms with Gasteiger partial charge < -0.3 is 15.0 Å². The Hall–Kier alpha value is -3.34. The number of nitrogens with zero attached hydrogens (tertiary/aromatic N) is 2. The minimum Gasteiger partial charge on any atom is -0.489 e. The number of ether oxygens (including phenoxy) is 1. The van der Waals surface area contributed by atoms with Gasteiger partial charge in [0, 0.05) is 17.9 Å². The van der Waals surface area contributed by atoms with Gasteiger partial charge in [-0.2, -0.15) is 0 Å². The molecule has 0 radical (unpaired) electrons. The number of hydrogen-bond acceptors (Lipinski definition) is 4. The molecule has 4 rings (SSSR count). The quantitative estimate of drug-likeness (QED) is 0.653. The molecule has 1 aliphatic rings. The molecular weight excluding hydrogens is 362 g/mol. The van der Waals surface area contributed by atoms with Gasteiger partial charge in [-0.15, -0.1) is 0 Å². The highest BCUT2D eigenvalue weighted by molar-refractivity contribution is 6.05. The number of carbonyl (C=O) groups excluding carboxylic acids is 1. The van der Waals surface area contributed by atoms with Crippen LogP contribution in [-0.2, 0) is 6.42 Å². The monoisotopic (exact) mass is 387 g/mol. The fraction of sp³-hybridized carbons (Fsp3) is 0.250. The number of benzene rings is 2. The molecule has 0 spiro atoms. The van der Waals surface area contributed by atoms with Crippen molar-refractivity contribution in [2.24, 2.45) is 0 Å². The number of nitrogens with one attached hydrogen (secondary N) is 1. The minimum atomic E-state index is -0.210. The molecule has 1 amide bonds. The Balaban J connectivity index is 1.53. The van der Waals surface area contributed by atoms with Crippen molar-refractivity contribution in [3.63, 3.8) is 0 Å². The second-order valence-corrected chi connectivity index (χ2v) is 7.57. The van der Waals surface area contributed by atoms with Crippen molar-refractivity contribution in [3.05, 3.63) is 78.0 Å². The van der Waals surface area contributed by atoms with E-state index in [1.165, 1.54) is 11.3 Å². The summed E-state index contributed by atoms with van der Waals surface area (Å²) < 4.78 is 5.78. The van der Waals surface area contributed by atoms with Gasteiger partial charge in [-0.1, -0.05) is 30.3 Å². The Labute approximate surface area is 171 Å². The van der Waals surface area contributed by atoms with E-state index in [1.54, 1.807) is 6.20 Å². The van der Waals surface area contributed by atoms with Crippen LogP contribution in [0.2, 0.25) is 0 Å². The van der Waals surface area contributed by atoms with Crippen molar-refractivity contribution in [1.82, 2.24) is 4.98 Å². The highest BCUT2D eigenvalue weighted by Gasteiger charge is 2.27. The van der Waals surface area contributed by atoms with Crippen LogP contribution in [0.3, 0.4) is 0 Å². The average molecular weight is 387 g/mol. The van der Waals surface area contributed by atoms with E-state index in [-0.39, 0.29) is 12.0 Å². The van der Waals surface area contributed by atoms with E-state index < -0.39 is 0 Å². The summed E-state index contributed by atoms with van der Waals surface area (Å²) in [5.41, 5.74) is 3.67. The summed E-state index contributed by atoms with van der Waals surface area (Å²) in [7, 11) is 0. The van der Waals surface area contributed by atoms with Crippen molar-refractivity contribution in [2.75, 3.05) is 10.2 Å². The van der Waals surface area contributed by atoms with Gasteiger partial charge >= 0.3 is 0 Å². The van der Waals surface area contributed by atoms with Crippen LogP contribution < -0.4 is 15.0 Å². The lowest BCUT2D eigenvalue weighted by atomic mass is 10.1. The summed E-state index contributed by atoms with van der Waals surface area (Å²) >= 11 is 0. The summed E-state index contributed by atoms with van der Waals surface area (Å²) in [6.07, 6.45) is 2.65. The molecule has 5 heteroatoms. The molecule has 1 unspecified atom stereocenters. The molecule has 2 heterocycles. The van der Waals surface area contributed by atoms with Gasteiger partial charge in [0.15, 0.2) is 0 Å². The number of hydrogen-bond donors (Lipinski definition) is 1.